The molecular formula is C16H29NO2S. The third kappa shape index (κ3) is 2.90. The van der Waals surface area contributed by atoms with Gasteiger partial charge in [0, 0.05) is 17.5 Å². The largest absolute Gasteiger partial charge is 0.394 e. The van der Waals surface area contributed by atoms with E-state index in [1.165, 1.54) is 38.5 Å². The van der Waals surface area contributed by atoms with Crippen molar-refractivity contribution in [3.05, 3.63) is 0 Å². The second-order valence-electron chi connectivity index (χ2n) is 7.50. The Hall–Kier alpha value is 0.230. The van der Waals surface area contributed by atoms with E-state index in [0.717, 1.165) is 23.5 Å². The van der Waals surface area contributed by atoms with Crippen LogP contribution in [0.1, 0.15) is 38.5 Å². The predicted molar refractivity (Wildman–Crippen MR) is 83.9 cm³/mol. The van der Waals surface area contributed by atoms with E-state index in [1.807, 2.05) is 0 Å². The zero-order chi connectivity index (χ0) is 14.2. The van der Waals surface area contributed by atoms with Gasteiger partial charge in [-0.25, -0.2) is 0 Å². The van der Waals surface area contributed by atoms with Crippen LogP contribution in [0.3, 0.4) is 0 Å². The van der Waals surface area contributed by atoms with E-state index in [4.69, 9.17) is 5.11 Å². The summed E-state index contributed by atoms with van der Waals surface area (Å²) in [5.41, 5.74) is 0.528. The number of aliphatic hydroxyl groups is 2. The average Bonchev–Trinajstić information content (AvgIpc) is 2.41. The molecule has 4 fully saturated rings. The van der Waals surface area contributed by atoms with Gasteiger partial charge in [0.15, 0.2) is 0 Å². The molecule has 0 aromatic heterocycles. The van der Waals surface area contributed by atoms with Crippen LogP contribution in [0.15, 0.2) is 0 Å². The smallest absolute Gasteiger partial charge is 0.0861 e. The van der Waals surface area contributed by atoms with Gasteiger partial charge >= 0.3 is 0 Å². The number of aliphatic hydroxyl groups excluding tert-OH is 2. The molecule has 3 nitrogen and oxygen atoms in total. The summed E-state index contributed by atoms with van der Waals surface area (Å²) in [6.07, 6.45) is 8.19. The number of hydrogen-bond acceptors (Lipinski definition) is 4. The van der Waals surface area contributed by atoms with Crippen LogP contribution in [-0.2, 0) is 0 Å². The molecule has 4 saturated carbocycles. The third-order valence-electron chi connectivity index (χ3n) is 5.98. The van der Waals surface area contributed by atoms with Crippen molar-refractivity contribution in [2.24, 2.45) is 23.2 Å². The van der Waals surface area contributed by atoms with Crippen LogP contribution in [0.4, 0.5) is 0 Å². The lowest BCUT2D eigenvalue weighted by Crippen LogP contribution is -2.56. The van der Waals surface area contributed by atoms with E-state index >= 15 is 0 Å². The van der Waals surface area contributed by atoms with E-state index in [-0.39, 0.29) is 6.61 Å². The van der Waals surface area contributed by atoms with Gasteiger partial charge in [-0.05, 0) is 68.7 Å². The summed E-state index contributed by atoms with van der Waals surface area (Å²) < 4.78 is 0. The quantitative estimate of drug-likeness (QED) is 0.672. The Bertz CT molecular complexity index is 301. The highest BCUT2D eigenvalue weighted by atomic mass is 32.2. The number of rotatable bonds is 7. The molecule has 2 unspecified atom stereocenters. The molecule has 0 spiro atoms. The zero-order valence-corrected chi connectivity index (χ0v) is 13.4. The highest BCUT2D eigenvalue weighted by Gasteiger charge is 2.53. The van der Waals surface area contributed by atoms with Gasteiger partial charge in [0.2, 0.25) is 0 Å². The molecule has 4 rings (SSSR count). The van der Waals surface area contributed by atoms with E-state index in [0.29, 0.717) is 17.2 Å². The molecule has 20 heavy (non-hydrogen) atoms. The molecular weight excluding hydrogens is 270 g/mol. The highest BCUT2D eigenvalue weighted by molar-refractivity contribution is 7.99. The fraction of sp³-hybridized carbons (Fsp3) is 1.00. The molecule has 2 atom stereocenters. The molecule has 4 heteroatoms. The molecule has 4 aliphatic carbocycles. The first-order chi connectivity index (χ1) is 9.65. The molecule has 0 saturated heterocycles. The molecule has 4 bridgehead atoms. The van der Waals surface area contributed by atoms with Gasteiger partial charge in [-0.15, -0.1) is 0 Å². The summed E-state index contributed by atoms with van der Waals surface area (Å²) in [5.74, 6) is 4.70. The maximum Gasteiger partial charge on any atom is 0.0861 e. The van der Waals surface area contributed by atoms with Crippen molar-refractivity contribution >= 4 is 11.8 Å². The molecule has 0 aromatic carbocycles. The van der Waals surface area contributed by atoms with Gasteiger partial charge in [0.05, 0.1) is 12.7 Å². The van der Waals surface area contributed by atoms with Crippen LogP contribution >= 0.6 is 11.8 Å². The van der Waals surface area contributed by atoms with Gasteiger partial charge in [-0.3, -0.25) is 0 Å². The summed E-state index contributed by atoms with van der Waals surface area (Å²) in [5, 5.41) is 22.0. The van der Waals surface area contributed by atoms with Crippen molar-refractivity contribution < 1.29 is 10.2 Å². The predicted octanol–water partition coefficient (Wildman–Crippen LogP) is 1.88. The Kier molecular flexibility index (Phi) is 4.66. The second-order valence-corrected chi connectivity index (χ2v) is 8.57. The van der Waals surface area contributed by atoms with Gasteiger partial charge in [0.25, 0.3) is 0 Å². The number of hydrogen-bond donors (Lipinski definition) is 3. The molecule has 0 aliphatic heterocycles. The number of thioether (sulfide) groups is 1. The second kappa shape index (κ2) is 6.15. The molecule has 0 radical (unpaired) electrons. The van der Waals surface area contributed by atoms with Crippen LogP contribution in [-0.4, -0.2) is 47.5 Å². The molecule has 4 aliphatic rings. The molecule has 0 heterocycles. The van der Waals surface area contributed by atoms with Crippen molar-refractivity contribution in [3.63, 3.8) is 0 Å². The number of nitrogens with one attached hydrogen (secondary N) is 1. The Morgan fingerprint density at radius 3 is 2.10 bits per heavy atom. The van der Waals surface area contributed by atoms with E-state index in [2.05, 4.69) is 12.4 Å². The molecule has 3 N–H and O–H groups in total. The lowest BCUT2D eigenvalue weighted by Gasteiger charge is -2.59. The standard InChI is InChI=1S/C16H29NO2S/c1-17-15(10-20-9-14(19)8-18)16-5-11-2-12(6-16)4-13(3-11)7-16/h11-15,17-19H,2-10H2,1H3. The molecule has 116 valence electrons. The summed E-state index contributed by atoms with van der Waals surface area (Å²) in [6.45, 7) is -0.116. The van der Waals surface area contributed by atoms with E-state index in [1.54, 1.807) is 11.8 Å². The minimum atomic E-state index is -0.561. The van der Waals surface area contributed by atoms with E-state index in [9.17, 15) is 5.11 Å². The minimum absolute atomic E-state index is 0.116. The minimum Gasteiger partial charge on any atom is -0.394 e. The van der Waals surface area contributed by atoms with E-state index < -0.39 is 6.10 Å². The average molecular weight is 299 g/mol. The summed E-state index contributed by atoms with van der Waals surface area (Å²) in [4.78, 5) is 0. The van der Waals surface area contributed by atoms with Crippen molar-refractivity contribution in [1.82, 2.24) is 5.32 Å². The topological polar surface area (TPSA) is 52.5 Å². The normalized spacial score (nSPS) is 41.9. The lowest BCUT2D eigenvalue weighted by molar-refractivity contribution is -0.0682. The van der Waals surface area contributed by atoms with Crippen molar-refractivity contribution in [2.75, 3.05) is 25.2 Å². The molecule has 0 amide bonds. The van der Waals surface area contributed by atoms with Gasteiger partial charge < -0.3 is 15.5 Å². The van der Waals surface area contributed by atoms with Gasteiger partial charge in [-0.1, -0.05) is 0 Å². The Balaban J connectivity index is 1.60. The van der Waals surface area contributed by atoms with Crippen molar-refractivity contribution in [1.29, 1.82) is 0 Å². The fourth-order valence-corrected chi connectivity index (χ4v) is 6.81. The Morgan fingerprint density at radius 1 is 1.10 bits per heavy atom. The SMILES string of the molecule is CNC(CSCC(O)CO)C12CC3CC(CC(C3)C1)C2. The first kappa shape index (κ1) is 15.1. The van der Waals surface area contributed by atoms with Crippen LogP contribution < -0.4 is 5.32 Å². The van der Waals surface area contributed by atoms with Crippen LogP contribution in [0.25, 0.3) is 0 Å². The summed E-state index contributed by atoms with van der Waals surface area (Å²) >= 11 is 1.80. The summed E-state index contributed by atoms with van der Waals surface area (Å²) in [7, 11) is 2.10. The Morgan fingerprint density at radius 2 is 1.65 bits per heavy atom. The summed E-state index contributed by atoms with van der Waals surface area (Å²) in [6, 6.07) is 0.576. The molecule has 0 aromatic rings. The van der Waals surface area contributed by atoms with Crippen molar-refractivity contribution in [3.8, 4) is 0 Å². The van der Waals surface area contributed by atoms with Gasteiger partial charge in [-0.2, -0.15) is 11.8 Å². The highest BCUT2D eigenvalue weighted by Crippen LogP contribution is 2.61. The van der Waals surface area contributed by atoms with Crippen LogP contribution in [0.5, 0.6) is 0 Å². The monoisotopic (exact) mass is 299 g/mol. The first-order valence-corrected chi connectivity index (χ1v) is 9.34. The van der Waals surface area contributed by atoms with Crippen LogP contribution in [0.2, 0.25) is 0 Å². The first-order valence-electron chi connectivity index (χ1n) is 8.19. The van der Waals surface area contributed by atoms with Crippen molar-refractivity contribution in [2.45, 2.75) is 50.7 Å². The van der Waals surface area contributed by atoms with Gasteiger partial charge in [0.1, 0.15) is 0 Å². The maximum absolute atomic E-state index is 9.49. The zero-order valence-electron chi connectivity index (χ0n) is 12.6. The Labute approximate surface area is 126 Å². The fourth-order valence-electron chi connectivity index (χ4n) is 5.55. The maximum atomic E-state index is 9.49. The third-order valence-corrected chi connectivity index (χ3v) is 7.17. The lowest BCUT2D eigenvalue weighted by atomic mass is 9.48. The van der Waals surface area contributed by atoms with Crippen LogP contribution in [0, 0.1) is 23.2 Å².